The summed E-state index contributed by atoms with van der Waals surface area (Å²) in [5.74, 6) is -0.0456. The van der Waals surface area contributed by atoms with Crippen LogP contribution < -0.4 is 5.32 Å². The molecule has 1 aromatic carbocycles. The van der Waals surface area contributed by atoms with Crippen molar-refractivity contribution in [2.45, 2.75) is 6.92 Å². The third-order valence-corrected chi connectivity index (χ3v) is 2.94. The van der Waals surface area contributed by atoms with Crippen LogP contribution in [0.15, 0.2) is 22.7 Å². The molecule has 0 aromatic heterocycles. The van der Waals surface area contributed by atoms with Crippen LogP contribution in [0.3, 0.4) is 0 Å². The van der Waals surface area contributed by atoms with Crippen LogP contribution in [0.5, 0.6) is 0 Å². The molecule has 0 aliphatic heterocycles. The Labute approximate surface area is 94.0 Å². The molecule has 0 aliphatic rings. The van der Waals surface area contributed by atoms with Crippen LogP contribution in [0.2, 0.25) is 0 Å². The van der Waals surface area contributed by atoms with E-state index in [1.54, 1.807) is 0 Å². The first-order chi connectivity index (χ1) is 6.13. The van der Waals surface area contributed by atoms with Crippen LogP contribution in [-0.4, -0.2) is 11.2 Å². The summed E-state index contributed by atoms with van der Waals surface area (Å²) in [4.78, 5) is 11.0. The van der Waals surface area contributed by atoms with Crippen molar-refractivity contribution in [3.8, 4) is 0 Å². The molecule has 4 heteroatoms. The molecule has 1 N–H and O–H groups in total. The van der Waals surface area contributed by atoms with Crippen LogP contribution in [-0.2, 0) is 4.79 Å². The van der Waals surface area contributed by atoms with Gasteiger partial charge in [-0.05, 0) is 24.6 Å². The Morgan fingerprint density at radius 1 is 1.54 bits per heavy atom. The standard InChI is InChI=1S/C9H9Br2NO/c1-6-2-3-7(4-8(6)11)12-9(13)5-10/h2-4H,5H2,1H3,(H,12,13). The molecule has 0 saturated heterocycles. The van der Waals surface area contributed by atoms with Crippen LogP contribution in [0, 0.1) is 6.92 Å². The smallest absolute Gasteiger partial charge is 0.235 e. The topological polar surface area (TPSA) is 29.1 Å². The molecule has 0 fully saturated rings. The van der Waals surface area contributed by atoms with E-state index < -0.39 is 0 Å². The number of benzene rings is 1. The monoisotopic (exact) mass is 305 g/mol. The van der Waals surface area contributed by atoms with Gasteiger partial charge in [-0.15, -0.1) is 0 Å². The fraction of sp³-hybridized carbons (Fsp3) is 0.222. The van der Waals surface area contributed by atoms with Crippen LogP contribution in [0.25, 0.3) is 0 Å². The van der Waals surface area contributed by atoms with E-state index in [4.69, 9.17) is 0 Å². The second kappa shape index (κ2) is 4.77. The number of hydrogen-bond donors (Lipinski definition) is 1. The SMILES string of the molecule is Cc1ccc(NC(=O)CBr)cc1Br. The maximum Gasteiger partial charge on any atom is 0.235 e. The molecule has 0 unspecified atom stereocenters. The first-order valence-electron chi connectivity index (χ1n) is 3.75. The molecule has 70 valence electrons. The van der Waals surface area contributed by atoms with Crippen molar-refractivity contribution in [3.05, 3.63) is 28.2 Å². The highest BCUT2D eigenvalue weighted by molar-refractivity contribution is 9.10. The minimum Gasteiger partial charge on any atom is -0.325 e. The van der Waals surface area contributed by atoms with Gasteiger partial charge in [0.2, 0.25) is 5.91 Å². The number of carbonyl (C=O) groups is 1. The van der Waals surface area contributed by atoms with Crippen LogP contribution in [0.1, 0.15) is 5.56 Å². The van der Waals surface area contributed by atoms with Crippen LogP contribution in [0.4, 0.5) is 5.69 Å². The summed E-state index contributed by atoms with van der Waals surface area (Å²) in [6.07, 6.45) is 0. The van der Waals surface area contributed by atoms with Gasteiger partial charge >= 0.3 is 0 Å². The number of halogens is 2. The van der Waals surface area contributed by atoms with Gasteiger partial charge in [-0.25, -0.2) is 0 Å². The third kappa shape index (κ3) is 3.12. The first-order valence-corrected chi connectivity index (χ1v) is 5.67. The lowest BCUT2D eigenvalue weighted by atomic mass is 10.2. The molecule has 1 rings (SSSR count). The van der Waals surface area contributed by atoms with Crippen molar-refractivity contribution in [1.29, 1.82) is 0 Å². The maximum atomic E-state index is 11.0. The zero-order valence-corrected chi connectivity index (χ0v) is 10.3. The highest BCUT2D eigenvalue weighted by atomic mass is 79.9. The maximum absolute atomic E-state index is 11.0. The summed E-state index contributed by atoms with van der Waals surface area (Å²) in [5, 5.41) is 3.06. The minimum absolute atomic E-state index is 0.0456. The molecule has 0 saturated carbocycles. The number of amides is 1. The minimum atomic E-state index is -0.0456. The summed E-state index contributed by atoms with van der Waals surface area (Å²) in [6, 6.07) is 5.71. The van der Waals surface area contributed by atoms with Crippen molar-refractivity contribution in [3.63, 3.8) is 0 Å². The highest BCUT2D eigenvalue weighted by Gasteiger charge is 2.00. The Kier molecular flexibility index (Phi) is 3.93. The van der Waals surface area contributed by atoms with E-state index in [1.165, 1.54) is 0 Å². The number of carbonyl (C=O) groups excluding carboxylic acids is 1. The van der Waals surface area contributed by atoms with Crippen molar-refractivity contribution in [2.24, 2.45) is 0 Å². The molecule has 1 aromatic rings. The number of nitrogens with one attached hydrogen (secondary N) is 1. The summed E-state index contributed by atoms with van der Waals surface area (Å²) in [5.41, 5.74) is 1.96. The van der Waals surface area contributed by atoms with Crippen molar-refractivity contribution in [2.75, 3.05) is 10.6 Å². The zero-order chi connectivity index (χ0) is 9.84. The predicted octanol–water partition coefficient (Wildman–Crippen LogP) is 3.09. The molecular weight excluding hydrogens is 298 g/mol. The number of aryl methyl sites for hydroxylation is 1. The van der Waals surface area contributed by atoms with Gasteiger partial charge in [-0.2, -0.15) is 0 Å². The van der Waals surface area contributed by atoms with E-state index in [9.17, 15) is 4.79 Å². The lowest BCUT2D eigenvalue weighted by molar-refractivity contribution is -0.113. The summed E-state index contributed by atoms with van der Waals surface area (Å²) in [6.45, 7) is 2.00. The predicted molar refractivity (Wildman–Crippen MR) is 61.3 cm³/mol. The summed E-state index contributed by atoms with van der Waals surface area (Å²) in [7, 11) is 0. The van der Waals surface area contributed by atoms with Gasteiger partial charge in [0.05, 0.1) is 5.33 Å². The second-order valence-electron chi connectivity index (χ2n) is 2.65. The van der Waals surface area contributed by atoms with E-state index >= 15 is 0 Å². The molecule has 0 bridgehead atoms. The lowest BCUT2D eigenvalue weighted by Crippen LogP contribution is -2.12. The van der Waals surface area contributed by atoms with Gasteiger partial charge < -0.3 is 5.32 Å². The zero-order valence-electron chi connectivity index (χ0n) is 7.10. The third-order valence-electron chi connectivity index (χ3n) is 1.58. The molecule has 0 spiro atoms. The first kappa shape index (κ1) is 10.7. The molecule has 0 atom stereocenters. The largest absolute Gasteiger partial charge is 0.325 e. The average Bonchev–Trinajstić information content (AvgIpc) is 2.11. The van der Waals surface area contributed by atoms with Crippen molar-refractivity contribution < 1.29 is 4.79 Å². The number of hydrogen-bond acceptors (Lipinski definition) is 1. The Morgan fingerprint density at radius 3 is 2.77 bits per heavy atom. The fourth-order valence-electron chi connectivity index (χ4n) is 0.865. The summed E-state index contributed by atoms with van der Waals surface area (Å²) < 4.78 is 1.000. The van der Waals surface area contributed by atoms with E-state index in [2.05, 4.69) is 37.2 Å². The Hall–Kier alpha value is -0.350. The molecule has 2 nitrogen and oxygen atoms in total. The van der Waals surface area contributed by atoms with E-state index in [-0.39, 0.29) is 5.91 Å². The Morgan fingerprint density at radius 2 is 2.23 bits per heavy atom. The van der Waals surface area contributed by atoms with Crippen molar-refractivity contribution >= 4 is 43.5 Å². The van der Waals surface area contributed by atoms with Gasteiger partial charge in [0.15, 0.2) is 0 Å². The van der Waals surface area contributed by atoms with E-state index in [1.807, 2.05) is 25.1 Å². The molecule has 0 aliphatic carbocycles. The molecule has 0 radical (unpaired) electrons. The molecule has 13 heavy (non-hydrogen) atoms. The molecule has 1 amide bonds. The Bertz CT molecular complexity index is 325. The second-order valence-corrected chi connectivity index (χ2v) is 4.06. The highest BCUT2D eigenvalue weighted by Crippen LogP contribution is 2.20. The van der Waals surface area contributed by atoms with Crippen LogP contribution >= 0.6 is 31.9 Å². The molecule has 0 heterocycles. The number of rotatable bonds is 2. The number of anilines is 1. The normalized spacial score (nSPS) is 9.77. The lowest BCUT2D eigenvalue weighted by Gasteiger charge is -2.04. The fourth-order valence-corrected chi connectivity index (χ4v) is 1.38. The van der Waals surface area contributed by atoms with Gasteiger partial charge in [0, 0.05) is 10.2 Å². The summed E-state index contributed by atoms with van der Waals surface area (Å²) >= 11 is 6.48. The average molecular weight is 307 g/mol. The van der Waals surface area contributed by atoms with Crippen molar-refractivity contribution in [1.82, 2.24) is 0 Å². The van der Waals surface area contributed by atoms with Gasteiger partial charge in [0.25, 0.3) is 0 Å². The van der Waals surface area contributed by atoms with E-state index in [0.29, 0.717) is 5.33 Å². The number of alkyl halides is 1. The van der Waals surface area contributed by atoms with E-state index in [0.717, 1.165) is 15.7 Å². The van der Waals surface area contributed by atoms with Gasteiger partial charge in [0.1, 0.15) is 0 Å². The Balaban J connectivity index is 2.79. The van der Waals surface area contributed by atoms with Gasteiger partial charge in [-0.1, -0.05) is 37.9 Å². The molecular formula is C9H9Br2NO. The quantitative estimate of drug-likeness (QED) is 0.836. The van der Waals surface area contributed by atoms with Gasteiger partial charge in [-0.3, -0.25) is 4.79 Å².